The van der Waals surface area contributed by atoms with E-state index < -0.39 is 0 Å². The van der Waals surface area contributed by atoms with Crippen LogP contribution in [-0.2, 0) is 11.8 Å². The van der Waals surface area contributed by atoms with Crippen LogP contribution >= 0.6 is 24.0 Å². The lowest BCUT2D eigenvalue weighted by atomic mass is 10.1. The molecule has 21 heavy (non-hydrogen) atoms. The molecule has 1 amide bonds. The number of amides is 1. The van der Waals surface area contributed by atoms with E-state index in [1.807, 2.05) is 31.5 Å². The summed E-state index contributed by atoms with van der Waals surface area (Å²) in [6.07, 6.45) is 5.64. The van der Waals surface area contributed by atoms with Gasteiger partial charge in [0.2, 0.25) is 0 Å². The summed E-state index contributed by atoms with van der Waals surface area (Å²) in [5.74, 6) is -0.0437. The highest BCUT2D eigenvalue weighted by molar-refractivity contribution is 8.26. The summed E-state index contributed by atoms with van der Waals surface area (Å²) in [6, 6.07) is 8.14. The van der Waals surface area contributed by atoms with Crippen molar-refractivity contribution in [2.24, 2.45) is 7.05 Å². The van der Waals surface area contributed by atoms with Gasteiger partial charge in [-0.25, -0.2) is 0 Å². The van der Waals surface area contributed by atoms with Crippen LogP contribution in [0.3, 0.4) is 0 Å². The van der Waals surface area contributed by atoms with Gasteiger partial charge in [-0.05, 0) is 12.1 Å². The normalized spacial score (nSPS) is 17.2. The van der Waals surface area contributed by atoms with E-state index in [2.05, 4.69) is 23.3 Å². The Labute approximate surface area is 132 Å². The predicted octanol–water partition coefficient (Wildman–Crippen LogP) is 3.57. The van der Waals surface area contributed by atoms with Crippen LogP contribution in [0.1, 0.15) is 5.56 Å². The molecule has 1 fully saturated rings. The van der Waals surface area contributed by atoms with Crippen LogP contribution in [0.4, 0.5) is 0 Å². The van der Waals surface area contributed by atoms with Crippen molar-refractivity contribution < 1.29 is 4.79 Å². The summed E-state index contributed by atoms with van der Waals surface area (Å²) in [4.78, 5) is 14.6. The van der Waals surface area contributed by atoms with Gasteiger partial charge in [-0.2, -0.15) is 0 Å². The van der Waals surface area contributed by atoms with Crippen LogP contribution in [0.25, 0.3) is 17.0 Å². The molecular weight excluding hydrogens is 300 g/mol. The highest BCUT2D eigenvalue weighted by atomic mass is 32.2. The molecule has 0 N–H and O–H groups in total. The molecule has 1 aliphatic heterocycles. The molecule has 0 unspecified atom stereocenters. The number of benzene rings is 1. The Bertz CT molecular complexity index is 789. The third-order valence-corrected chi connectivity index (χ3v) is 4.78. The smallest absolute Gasteiger partial charge is 0.266 e. The number of aryl methyl sites for hydroxylation is 1. The molecule has 0 atom stereocenters. The Hall–Kier alpha value is -1.85. The van der Waals surface area contributed by atoms with E-state index in [0.29, 0.717) is 15.8 Å². The molecule has 1 aromatic carbocycles. The summed E-state index contributed by atoms with van der Waals surface area (Å²) in [7, 11) is 2.00. The van der Waals surface area contributed by atoms with Crippen LogP contribution in [0.2, 0.25) is 0 Å². The predicted molar refractivity (Wildman–Crippen MR) is 93.0 cm³/mol. The second kappa shape index (κ2) is 5.50. The van der Waals surface area contributed by atoms with Gasteiger partial charge in [-0.3, -0.25) is 9.69 Å². The van der Waals surface area contributed by atoms with Gasteiger partial charge in [-0.1, -0.05) is 48.3 Å². The standard InChI is InChI=1S/C16H14N2OS2/c1-3-8-18-15(19)14(21-16(18)20)9-11-10-17(2)13-7-5-4-6-12(11)13/h3-7,9-10H,1,8H2,2H3/b14-9-. The summed E-state index contributed by atoms with van der Waals surface area (Å²) in [5, 5.41) is 1.13. The lowest BCUT2D eigenvalue weighted by Crippen LogP contribution is -2.27. The maximum atomic E-state index is 12.3. The van der Waals surface area contributed by atoms with Gasteiger partial charge in [0, 0.05) is 36.3 Å². The van der Waals surface area contributed by atoms with Crippen molar-refractivity contribution in [3.63, 3.8) is 0 Å². The van der Waals surface area contributed by atoms with Gasteiger partial charge >= 0.3 is 0 Å². The van der Waals surface area contributed by atoms with Crippen molar-refractivity contribution in [1.82, 2.24) is 9.47 Å². The number of rotatable bonds is 3. The molecule has 0 spiro atoms. The molecule has 0 saturated carbocycles. The van der Waals surface area contributed by atoms with E-state index in [-0.39, 0.29) is 5.91 Å². The fourth-order valence-corrected chi connectivity index (χ4v) is 3.68. The van der Waals surface area contributed by atoms with Crippen LogP contribution in [-0.4, -0.2) is 26.2 Å². The second-order valence-electron chi connectivity index (χ2n) is 4.79. The number of fused-ring (bicyclic) bond motifs is 1. The molecule has 3 rings (SSSR count). The molecule has 5 heteroatoms. The zero-order chi connectivity index (χ0) is 15.0. The monoisotopic (exact) mass is 314 g/mol. The molecule has 1 aliphatic rings. The fraction of sp³-hybridized carbons (Fsp3) is 0.125. The van der Waals surface area contributed by atoms with E-state index in [4.69, 9.17) is 12.2 Å². The zero-order valence-corrected chi connectivity index (χ0v) is 13.2. The number of hydrogen-bond acceptors (Lipinski definition) is 3. The Balaban J connectivity index is 2.03. The lowest BCUT2D eigenvalue weighted by molar-refractivity contribution is -0.121. The van der Waals surface area contributed by atoms with Crippen molar-refractivity contribution in [1.29, 1.82) is 0 Å². The summed E-state index contributed by atoms with van der Waals surface area (Å²) in [5.41, 5.74) is 2.18. The molecule has 0 aliphatic carbocycles. The molecular formula is C16H14N2OS2. The highest BCUT2D eigenvalue weighted by Crippen LogP contribution is 2.34. The summed E-state index contributed by atoms with van der Waals surface area (Å²) >= 11 is 6.60. The molecule has 106 valence electrons. The Kier molecular flexibility index (Phi) is 3.69. The molecule has 2 aromatic rings. The molecule has 0 bridgehead atoms. The van der Waals surface area contributed by atoms with E-state index >= 15 is 0 Å². The third-order valence-electron chi connectivity index (χ3n) is 3.40. The SMILES string of the molecule is C=CCN1C(=O)/C(=C/c2cn(C)c3ccccc23)SC1=S. The highest BCUT2D eigenvalue weighted by Gasteiger charge is 2.31. The maximum Gasteiger partial charge on any atom is 0.266 e. The van der Waals surface area contributed by atoms with Crippen molar-refractivity contribution in [3.8, 4) is 0 Å². The van der Waals surface area contributed by atoms with Gasteiger partial charge in [-0.15, -0.1) is 6.58 Å². The van der Waals surface area contributed by atoms with Crippen LogP contribution < -0.4 is 0 Å². The first kappa shape index (κ1) is 14.1. The van der Waals surface area contributed by atoms with E-state index in [1.54, 1.807) is 11.0 Å². The number of nitrogens with zero attached hydrogens (tertiary/aromatic N) is 2. The van der Waals surface area contributed by atoms with Gasteiger partial charge in [0.05, 0.1) is 4.91 Å². The largest absolute Gasteiger partial charge is 0.350 e. The van der Waals surface area contributed by atoms with Gasteiger partial charge < -0.3 is 4.57 Å². The van der Waals surface area contributed by atoms with Crippen molar-refractivity contribution in [2.45, 2.75) is 0 Å². The van der Waals surface area contributed by atoms with E-state index in [1.165, 1.54) is 11.8 Å². The first-order chi connectivity index (χ1) is 10.1. The number of carbonyl (C=O) groups is 1. The first-order valence-electron chi connectivity index (χ1n) is 6.52. The van der Waals surface area contributed by atoms with Crippen LogP contribution in [0.5, 0.6) is 0 Å². The number of thioether (sulfide) groups is 1. The average Bonchev–Trinajstić information content (AvgIpc) is 2.93. The van der Waals surface area contributed by atoms with Crippen molar-refractivity contribution in [3.05, 3.63) is 53.6 Å². The second-order valence-corrected chi connectivity index (χ2v) is 6.47. The minimum absolute atomic E-state index is 0.0437. The number of hydrogen-bond donors (Lipinski definition) is 0. The Morgan fingerprint density at radius 3 is 2.90 bits per heavy atom. The molecule has 1 saturated heterocycles. The topological polar surface area (TPSA) is 25.2 Å². The van der Waals surface area contributed by atoms with Crippen LogP contribution in [0.15, 0.2) is 48.0 Å². The quantitative estimate of drug-likeness (QED) is 0.492. The third kappa shape index (κ3) is 2.43. The molecule has 1 aromatic heterocycles. The van der Waals surface area contributed by atoms with Gasteiger partial charge in [0.1, 0.15) is 4.32 Å². The fourth-order valence-electron chi connectivity index (χ4n) is 2.42. The zero-order valence-electron chi connectivity index (χ0n) is 11.6. The van der Waals surface area contributed by atoms with Gasteiger partial charge in [0.15, 0.2) is 0 Å². The summed E-state index contributed by atoms with van der Waals surface area (Å²) < 4.78 is 2.65. The minimum atomic E-state index is -0.0437. The number of aromatic nitrogens is 1. The van der Waals surface area contributed by atoms with Gasteiger partial charge in [0.25, 0.3) is 5.91 Å². The van der Waals surface area contributed by atoms with Crippen molar-refractivity contribution in [2.75, 3.05) is 6.54 Å². The molecule has 2 heterocycles. The molecule has 0 radical (unpaired) electrons. The van der Waals surface area contributed by atoms with E-state index in [9.17, 15) is 4.79 Å². The van der Waals surface area contributed by atoms with Crippen molar-refractivity contribution >= 4 is 51.2 Å². The Morgan fingerprint density at radius 2 is 2.14 bits per heavy atom. The number of carbonyl (C=O) groups excluding carboxylic acids is 1. The average molecular weight is 314 g/mol. The molecule has 3 nitrogen and oxygen atoms in total. The lowest BCUT2D eigenvalue weighted by Gasteiger charge is -2.10. The number of para-hydroxylation sites is 1. The van der Waals surface area contributed by atoms with Crippen LogP contribution in [0, 0.1) is 0 Å². The first-order valence-corrected chi connectivity index (χ1v) is 7.74. The summed E-state index contributed by atoms with van der Waals surface area (Å²) in [6.45, 7) is 4.12. The Morgan fingerprint density at radius 1 is 1.38 bits per heavy atom. The van der Waals surface area contributed by atoms with E-state index in [0.717, 1.165) is 16.5 Å². The maximum absolute atomic E-state index is 12.3. The minimum Gasteiger partial charge on any atom is -0.350 e. The number of thiocarbonyl (C=S) groups is 1.